The Morgan fingerprint density at radius 2 is 1.62 bits per heavy atom. The van der Waals surface area contributed by atoms with Gasteiger partial charge < -0.3 is 20.2 Å². The van der Waals surface area contributed by atoms with Crippen LogP contribution in [0, 0.1) is 5.82 Å². The summed E-state index contributed by atoms with van der Waals surface area (Å²) in [5, 5.41) is 25.1. The molecule has 1 aliphatic carbocycles. The molecule has 5 aromatic rings. The molecule has 3 N–H and O–H groups in total. The molecule has 8 heteroatoms. The fourth-order valence-electron chi connectivity index (χ4n) is 5.02. The zero-order chi connectivity index (χ0) is 27.5. The van der Waals surface area contributed by atoms with Crippen molar-refractivity contribution >= 4 is 5.91 Å². The van der Waals surface area contributed by atoms with Gasteiger partial charge in [0.15, 0.2) is 0 Å². The van der Waals surface area contributed by atoms with Crippen molar-refractivity contribution in [1.29, 1.82) is 0 Å². The summed E-state index contributed by atoms with van der Waals surface area (Å²) in [6.07, 6.45) is -0.392. The van der Waals surface area contributed by atoms with Crippen LogP contribution in [0.4, 0.5) is 4.39 Å². The van der Waals surface area contributed by atoms with Gasteiger partial charge in [-0.1, -0.05) is 72.8 Å². The van der Waals surface area contributed by atoms with Crippen LogP contribution in [0.2, 0.25) is 0 Å². The van der Waals surface area contributed by atoms with Crippen molar-refractivity contribution in [3.05, 3.63) is 131 Å². The van der Waals surface area contributed by atoms with Gasteiger partial charge in [0.05, 0.1) is 24.3 Å². The van der Waals surface area contributed by atoms with Crippen LogP contribution in [0.15, 0.2) is 101 Å². The van der Waals surface area contributed by atoms with Gasteiger partial charge in [0.2, 0.25) is 11.8 Å². The van der Waals surface area contributed by atoms with E-state index >= 15 is 0 Å². The number of aromatic nitrogens is 2. The Kier molecular flexibility index (Phi) is 7.18. The molecule has 40 heavy (non-hydrogen) atoms. The van der Waals surface area contributed by atoms with E-state index in [4.69, 9.17) is 4.42 Å². The number of aliphatic hydroxyl groups is 1. The fourth-order valence-corrected chi connectivity index (χ4v) is 5.02. The second-order valence-electron chi connectivity index (χ2n) is 9.79. The Labute approximate surface area is 230 Å². The van der Waals surface area contributed by atoms with E-state index in [-0.39, 0.29) is 5.56 Å². The molecule has 1 heterocycles. The van der Waals surface area contributed by atoms with Gasteiger partial charge in [-0.3, -0.25) is 4.79 Å². The van der Waals surface area contributed by atoms with Crippen molar-refractivity contribution < 1.29 is 18.7 Å². The highest BCUT2D eigenvalue weighted by molar-refractivity contribution is 5.95. The average Bonchev–Trinajstić information content (AvgIpc) is 3.58. The molecule has 4 aromatic carbocycles. The van der Waals surface area contributed by atoms with Gasteiger partial charge in [0, 0.05) is 18.5 Å². The van der Waals surface area contributed by atoms with Crippen molar-refractivity contribution in [3.63, 3.8) is 0 Å². The Hall–Kier alpha value is -4.66. The van der Waals surface area contributed by atoms with E-state index in [0.29, 0.717) is 36.9 Å². The molecule has 200 valence electrons. The van der Waals surface area contributed by atoms with Crippen LogP contribution in [0.3, 0.4) is 0 Å². The first-order valence-corrected chi connectivity index (χ1v) is 13.1. The SMILES string of the molecule is O=C(N[C@@H]1c2cc(CNCc3nnc(-c4ccccc4)o3)ccc2C[C@H]1O)c1ccc(-c2ccccc2)cc1F. The Bertz CT molecular complexity index is 1640. The van der Waals surface area contributed by atoms with E-state index < -0.39 is 23.9 Å². The maximum Gasteiger partial charge on any atom is 0.254 e. The minimum absolute atomic E-state index is 0.0624. The van der Waals surface area contributed by atoms with E-state index in [1.165, 1.54) is 12.1 Å². The summed E-state index contributed by atoms with van der Waals surface area (Å²) in [6, 6.07) is 28.8. The van der Waals surface area contributed by atoms with E-state index in [1.54, 1.807) is 6.07 Å². The summed E-state index contributed by atoms with van der Waals surface area (Å²) in [5.74, 6) is -0.237. The molecule has 1 aliphatic rings. The number of rotatable bonds is 8. The van der Waals surface area contributed by atoms with Gasteiger partial charge in [-0.05, 0) is 52.1 Å². The number of nitrogens with one attached hydrogen (secondary N) is 2. The molecule has 0 radical (unpaired) electrons. The lowest BCUT2D eigenvalue weighted by molar-refractivity contribution is 0.0854. The first-order valence-electron chi connectivity index (χ1n) is 13.1. The minimum Gasteiger partial charge on any atom is -0.419 e. The number of carbonyl (C=O) groups excluding carboxylic acids is 1. The van der Waals surface area contributed by atoms with Crippen molar-refractivity contribution in [2.24, 2.45) is 0 Å². The quantitative estimate of drug-likeness (QED) is 0.252. The largest absolute Gasteiger partial charge is 0.419 e. The average molecular weight is 535 g/mol. The van der Waals surface area contributed by atoms with E-state index in [2.05, 4.69) is 20.8 Å². The summed E-state index contributed by atoms with van der Waals surface area (Å²) in [5.41, 5.74) is 5.09. The van der Waals surface area contributed by atoms with Gasteiger partial charge >= 0.3 is 0 Å². The number of amides is 1. The topological polar surface area (TPSA) is 100 Å². The minimum atomic E-state index is -0.802. The summed E-state index contributed by atoms with van der Waals surface area (Å²) >= 11 is 0. The predicted molar refractivity (Wildman–Crippen MR) is 148 cm³/mol. The van der Waals surface area contributed by atoms with E-state index in [0.717, 1.165) is 27.8 Å². The van der Waals surface area contributed by atoms with Gasteiger partial charge in [0.1, 0.15) is 5.82 Å². The first-order chi connectivity index (χ1) is 19.5. The summed E-state index contributed by atoms with van der Waals surface area (Å²) in [6.45, 7) is 0.903. The molecule has 0 aliphatic heterocycles. The maximum absolute atomic E-state index is 14.9. The second kappa shape index (κ2) is 11.2. The number of aliphatic hydroxyl groups excluding tert-OH is 1. The van der Waals surface area contributed by atoms with Crippen LogP contribution >= 0.6 is 0 Å². The van der Waals surface area contributed by atoms with Crippen molar-refractivity contribution in [3.8, 4) is 22.6 Å². The molecular weight excluding hydrogens is 507 g/mol. The van der Waals surface area contributed by atoms with E-state index in [1.807, 2.05) is 78.9 Å². The number of hydrogen-bond acceptors (Lipinski definition) is 6. The maximum atomic E-state index is 14.9. The smallest absolute Gasteiger partial charge is 0.254 e. The molecule has 6 rings (SSSR count). The number of nitrogens with zero attached hydrogens (tertiary/aromatic N) is 2. The van der Waals surface area contributed by atoms with Crippen molar-refractivity contribution in [1.82, 2.24) is 20.8 Å². The Balaban J connectivity index is 1.11. The molecule has 1 amide bonds. The van der Waals surface area contributed by atoms with Gasteiger partial charge in [-0.2, -0.15) is 0 Å². The Morgan fingerprint density at radius 3 is 2.38 bits per heavy atom. The summed E-state index contributed by atoms with van der Waals surface area (Å²) < 4.78 is 20.7. The third kappa shape index (κ3) is 5.40. The molecule has 0 saturated carbocycles. The molecule has 0 saturated heterocycles. The van der Waals surface area contributed by atoms with Crippen LogP contribution in [0.25, 0.3) is 22.6 Å². The summed E-state index contributed by atoms with van der Waals surface area (Å²) in [4.78, 5) is 13.0. The zero-order valence-corrected chi connectivity index (χ0v) is 21.5. The molecule has 7 nitrogen and oxygen atoms in total. The highest BCUT2D eigenvalue weighted by atomic mass is 19.1. The normalized spacial score (nSPS) is 16.1. The molecular formula is C32H27FN4O3. The van der Waals surface area contributed by atoms with Crippen LogP contribution in [0.5, 0.6) is 0 Å². The fraction of sp³-hybridized carbons (Fsp3) is 0.156. The third-order valence-corrected chi connectivity index (χ3v) is 7.06. The highest BCUT2D eigenvalue weighted by Gasteiger charge is 2.33. The lowest BCUT2D eigenvalue weighted by atomic mass is 10.0. The molecule has 2 atom stereocenters. The van der Waals surface area contributed by atoms with E-state index in [9.17, 15) is 14.3 Å². The lowest BCUT2D eigenvalue weighted by Crippen LogP contribution is -2.34. The molecule has 1 aromatic heterocycles. The number of carbonyl (C=O) groups is 1. The standard InChI is InChI=1S/C32H27FN4O3/c33-27-16-23(21-7-3-1-4-8-21)13-14-25(27)31(39)35-30-26-15-20(11-12-24(26)17-28(30)38)18-34-19-29-36-37-32(40-29)22-9-5-2-6-10-22/h1-16,28,30,34,38H,17-19H2,(H,35,39)/t28-,30-/m1/s1. The molecule has 0 unspecified atom stereocenters. The predicted octanol–water partition coefficient (Wildman–Crippen LogP) is 5.22. The Morgan fingerprint density at radius 1 is 0.875 bits per heavy atom. The lowest BCUT2D eigenvalue weighted by Gasteiger charge is -2.19. The van der Waals surface area contributed by atoms with Gasteiger partial charge in [-0.25, -0.2) is 4.39 Å². The van der Waals surface area contributed by atoms with Crippen LogP contribution in [0.1, 0.15) is 39.0 Å². The number of fused-ring (bicyclic) bond motifs is 1. The monoisotopic (exact) mass is 534 g/mol. The van der Waals surface area contributed by atoms with Crippen LogP contribution in [-0.2, 0) is 19.5 Å². The zero-order valence-electron chi connectivity index (χ0n) is 21.5. The number of benzene rings is 4. The molecule has 0 spiro atoms. The van der Waals surface area contributed by atoms with Crippen LogP contribution in [-0.4, -0.2) is 27.3 Å². The van der Waals surface area contributed by atoms with Crippen LogP contribution < -0.4 is 10.6 Å². The summed E-state index contributed by atoms with van der Waals surface area (Å²) in [7, 11) is 0. The first kappa shape index (κ1) is 25.6. The molecule has 0 bridgehead atoms. The third-order valence-electron chi connectivity index (χ3n) is 7.06. The van der Waals surface area contributed by atoms with Gasteiger partial charge in [0.25, 0.3) is 5.91 Å². The highest BCUT2D eigenvalue weighted by Crippen LogP contribution is 2.33. The van der Waals surface area contributed by atoms with Crippen molar-refractivity contribution in [2.75, 3.05) is 0 Å². The number of halogens is 1. The molecule has 0 fully saturated rings. The second-order valence-corrected chi connectivity index (χ2v) is 9.79. The van der Waals surface area contributed by atoms with Crippen molar-refractivity contribution in [2.45, 2.75) is 31.7 Å². The number of hydrogen-bond donors (Lipinski definition) is 3. The van der Waals surface area contributed by atoms with Gasteiger partial charge in [-0.15, -0.1) is 10.2 Å².